The van der Waals surface area contributed by atoms with E-state index in [9.17, 15) is 34.5 Å². The van der Waals surface area contributed by atoms with Gasteiger partial charge in [0.15, 0.2) is 0 Å². The quantitative estimate of drug-likeness (QED) is 0.0812. The van der Waals surface area contributed by atoms with Gasteiger partial charge in [0.05, 0.1) is 0 Å². The van der Waals surface area contributed by atoms with Gasteiger partial charge in [0.1, 0.15) is 56.4 Å². The zero-order valence-corrected chi connectivity index (χ0v) is 33.8. The highest BCUT2D eigenvalue weighted by Gasteiger charge is 2.56. The Labute approximate surface area is 335 Å². The van der Waals surface area contributed by atoms with E-state index in [1.165, 1.54) is 42.6 Å². The second kappa shape index (κ2) is 18.3. The molecular formula is C45H37B2F8P3. The third kappa shape index (κ3) is 9.16. The topological polar surface area (TPSA) is 0 Å². The van der Waals surface area contributed by atoms with Crippen LogP contribution in [-0.4, -0.2) is 14.5 Å². The Morgan fingerprint density at radius 2 is 0.448 bits per heavy atom. The maximum Gasteiger partial charge on any atom is 0.673 e. The van der Waals surface area contributed by atoms with Crippen LogP contribution in [-0.2, 0) is 6.66 Å². The van der Waals surface area contributed by atoms with Crippen molar-refractivity contribution in [1.82, 2.24) is 0 Å². The molecule has 0 radical (unpaired) electrons. The molecule has 1 heterocycles. The maximum absolute atomic E-state index is 9.75. The summed E-state index contributed by atoms with van der Waals surface area (Å²) in [6, 6.07) is 77.7. The van der Waals surface area contributed by atoms with Crippen LogP contribution >= 0.6 is 22.1 Å². The summed E-state index contributed by atoms with van der Waals surface area (Å²) in [4.78, 5) is 0. The lowest BCUT2D eigenvalue weighted by Gasteiger charge is -2.30. The van der Waals surface area contributed by atoms with Crippen molar-refractivity contribution >= 4 is 89.2 Å². The van der Waals surface area contributed by atoms with Gasteiger partial charge < -0.3 is 34.5 Å². The summed E-state index contributed by atoms with van der Waals surface area (Å²) in [7, 11) is -17.5. The average molecular weight is 844 g/mol. The summed E-state index contributed by atoms with van der Waals surface area (Å²) in [6.07, 6.45) is 0. The highest BCUT2D eigenvalue weighted by molar-refractivity contribution is 8.12. The number of benzene rings is 7. The standard InChI is InChI=1S/C45H37P3.2BF4/c1-46-44(47(36-22-8-2-9-23-36,37-24-10-3-11-25-37)38-26-12-4-13-27-38)42-34-20-21-35-43(42)45(46)48(39-28-14-5-15-29-39,40-30-16-6-17-31-40)41-32-18-7-19-33-41;2*2-1(3,4)5/h2-35H,1H3;;/q+2;2*-1. The van der Waals surface area contributed by atoms with Gasteiger partial charge in [0.2, 0.25) is 0 Å². The largest absolute Gasteiger partial charge is 0.673 e. The number of hydrogen-bond donors (Lipinski definition) is 0. The van der Waals surface area contributed by atoms with E-state index in [0.717, 1.165) is 0 Å². The van der Waals surface area contributed by atoms with Crippen LogP contribution in [0.4, 0.5) is 34.5 Å². The minimum Gasteiger partial charge on any atom is -0.418 e. The lowest BCUT2D eigenvalue weighted by molar-refractivity contribution is 0.366. The van der Waals surface area contributed by atoms with E-state index in [0.29, 0.717) is 0 Å². The van der Waals surface area contributed by atoms with Crippen molar-refractivity contribution in [3.63, 3.8) is 0 Å². The van der Waals surface area contributed by atoms with Crippen LogP contribution < -0.4 is 41.9 Å². The van der Waals surface area contributed by atoms with E-state index in [1.807, 2.05) is 0 Å². The van der Waals surface area contributed by atoms with Gasteiger partial charge in [-0.1, -0.05) is 121 Å². The Morgan fingerprint density at radius 1 is 0.293 bits per heavy atom. The number of halogens is 8. The van der Waals surface area contributed by atoms with Gasteiger partial charge in [-0.15, -0.1) is 0 Å². The van der Waals surface area contributed by atoms with Crippen LogP contribution in [0.2, 0.25) is 0 Å². The summed E-state index contributed by atoms with van der Waals surface area (Å²) in [6.45, 7) is 2.58. The minimum absolute atomic E-state index is 0.804. The SMILES string of the molecule is Cp1c([P+](c2ccccc2)(c2ccccc2)c2ccccc2)c2ccccc2c1[P+](c1ccccc1)(c1ccccc1)c1ccccc1.F[B-](F)(F)F.F[B-](F)(F)F. The molecule has 0 atom stereocenters. The van der Waals surface area contributed by atoms with Crippen molar-refractivity contribution in [3.8, 4) is 0 Å². The average Bonchev–Trinajstić information content (AvgIpc) is 3.52. The molecule has 0 aliphatic rings. The zero-order valence-electron chi connectivity index (χ0n) is 31.1. The van der Waals surface area contributed by atoms with Crippen molar-refractivity contribution < 1.29 is 34.5 Å². The number of hydrogen-bond acceptors (Lipinski definition) is 0. The molecule has 0 unspecified atom stereocenters. The zero-order chi connectivity index (χ0) is 41.4. The minimum atomic E-state index is -6.00. The van der Waals surface area contributed by atoms with Crippen LogP contribution in [0.1, 0.15) is 0 Å². The molecule has 7 aromatic carbocycles. The van der Waals surface area contributed by atoms with Gasteiger partial charge >= 0.3 is 14.5 Å². The molecule has 0 N–H and O–H groups in total. The van der Waals surface area contributed by atoms with Crippen molar-refractivity contribution in [1.29, 1.82) is 0 Å². The highest BCUT2D eigenvalue weighted by Crippen LogP contribution is 2.65. The number of rotatable bonds is 8. The second-order valence-corrected chi connectivity index (χ2v) is 22.5. The number of fused-ring (bicyclic) bond motifs is 1. The van der Waals surface area contributed by atoms with Gasteiger partial charge in [0.25, 0.3) is 0 Å². The summed E-state index contributed by atoms with van der Waals surface area (Å²) in [5.41, 5.74) is 0. The van der Waals surface area contributed by atoms with E-state index in [4.69, 9.17) is 0 Å². The van der Waals surface area contributed by atoms with Crippen molar-refractivity contribution in [2.75, 3.05) is 0 Å². The van der Waals surface area contributed by atoms with Crippen molar-refractivity contribution in [2.45, 2.75) is 0 Å². The molecule has 294 valence electrons. The lowest BCUT2D eigenvalue weighted by atomic mass is 10.2. The third-order valence-corrected chi connectivity index (χ3v) is 23.1. The molecule has 0 spiro atoms. The van der Waals surface area contributed by atoms with Gasteiger partial charge in [-0.05, 0) is 99.1 Å². The molecule has 8 rings (SSSR count). The Bertz CT molecular complexity index is 2120. The molecule has 0 amide bonds. The molecule has 8 aromatic rings. The Hall–Kier alpha value is -4.99. The first-order chi connectivity index (χ1) is 27.8. The molecule has 0 nitrogen and oxygen atoms in total. The molecule has 0 fully saturated rings. The normalized spacial score (nSPS) is 11.9. The van der Waals surface area contributed by atoms with Crippen LogP contribution in [0.5, 0.6) is 0 Å². The van der Waals surface area contributed by atoms with Crippen molar-refractivity contribution in [2.24, 2.45) is 6.66 Å². The summed E-state index contributed by atoms with van der Waals surface area (Å²) in [5.74, 6) is 0. The molecule has 58 heavy (non-hydrogen) atoms. The Morgan fingerprint density at radius 3 is 0.621 bits per heavy atom. The molecule has 0 saturated heterocycles. The Kier molecular flexibility index (Phi) is 13.4. The van der Waals surface area contributed by atoms with Crippen LogP contribution in [0.3, 0.4) is 0 Å². The fraction of sp³-hybridized carbons (Fsp3) is 0.0222. The highest BCUT2D eigenvalue weighted by atomic mass is 31.2. The van der Waals surface area contributed by atoms with E-state index in [2.05, 4.69) is 213 Å². The summed E-state index contributed by atoms with van der Waals surface area (Å²) >= 11 is 0. The van der Waals surface area contributed by atoms with Crippen LogP contribution in [0.15, 0.2) is 206 Å². The smallest absolute Gasteiger partial charge is 0.418 e. The first-order valence-corrected chi connectivity index (χ1v) is 23.6. The van der Waals surface area contributed by atoms with E-state index < -0.39 is 36.6 Å². The molecule has 13 heteroatoms. The molecule has 0 aliphatic heterocycles. The monoisotopic (exact) mass is 844 g/mol. The second-order valence-electron chi connectivity index (χ2n) is 13.1. The first kappa shape index (κ1) is 42.6. The van der Waals surface area contributed by atoms with Gasteiger partial charge in [-0.25, -0.2) is 0 Å². The van der Waals surface area contributed by atoms with E-state index in [1.54, 1.807) is 10.1 Å². The Balaban J connectivity index is 0.000000509. The predicted molar refractivity (Wildman–Crippen MR) is 238 cm³/mol. The van der Waals surface area contributed by atoms with Gasteiger partial charge in [-0.3, -0.25) is 0 Å². The summed E-state index contributed by atoms with van der Waals surface area (Å²) < 4.78 is 78.0. The van der Waals surface area contributed by atoms with Crippen LogP contribution in [0, 0.1) is 0 Å². The van der Waals surface area contributed by atoms with Gasteiger partial charge in [-0.2, -0.15) is 0 Å². The molecular weight excluding hydrogens is 807 g/mol. The first-order valence-electron chi connectivity index (χ1n) is 18.2. The lowest BCUT2D eigenvalue weighted by Crippen LogP contribution is -2.39. The molecule has 0 aliphatic carbocycles. The fourth-order valence-electron chi connectivity index (χ4n) is 7.68. The van der Waals surface area contributed by atoms with Crippen LogP contribution in [0.25, 0.3) is 10.8 Å². The predicted octanol–water partition coefficient (Wildman–Crippen LogP) is 11.2. The summed E-state index contributed by atoms with van der Waals surface area (Å²) in [5, 5.41) is 14.5. The van der Waals surface area contributed by atoms with E-state index >= 15 is 0 Å². The molecule has 1 aromatic heterocycles. The van der Waals surface area contributed by atoms with E-state index in [-0.39, 0.29) is 0 Å². The van der Waals surface area contributed by atoms with Gasteiger partial charge in [0, 0.05) is 10.8 Å². The maximum atomic E-state index is 9.75. The molecule has 0 saturated carbocycles. The van der Waals surface area contributed by atoms with Crippen molar-refractivity contribution in [3.05, 3.63) is 206 Å². The third-order valence-electron chi connectivity index (χ3n) is 9.54. The molecule has 0 bridgehead atoms. The fourth-order valence-corrected chi connectivity index (χ4v) is 23.6.